The van der Waals surface area contributed by atoms with Crippen LogP contribution in [0, 0.1) is 5.92 Å². The molecule has 1 N–H and O–H groups in total. The molecule has 1 saturated heterocycles. The summed E-state index contributed by atoms with van der Waals surface area (Å²) in [6.07, 6.45) is 4.25. The molecule has 6 heteroatoms. The van der Waals surface area contributed by atoms with Crippen molar-refractivity contribution in [2.24, 2.45) is 5.92 Å². The third-order valence-corrected chi connectivity index (χ3v) is 5.20. The third-order valence-electron chi connectivity index (χ3n) is 5.20. The van der Waals surface area contributed by atoms with Crippen molar-refractivity contribution >= 4 is 16.8 Å². The molecule has 1 fully saturated rings. The normalized spacial score (nSPS) is 16.5. The number of nitrogens with one attached hydrogen (secondary N) is 1. The number of methoxy groups -OCH3 is 1. The fourth-order valence-electron chi connectivity index (χ4n) is 3.48. The van der Waals surface area contributed by atoms with Crippen molar-refractivity contribution in [2.45, 2.75) is 32.7 Å². The van der Waals surface area contributed by atoms with Gasteiger partial charge in [-0.3, -0.25) is 9.48 Å². The van der Waals surface area contributed by atoms with E-state index < -0.39 is 0 Å². The van der Waals surface area contributed by atoms with Gasteiger partial charge in [-0.2, -0.15) is 5.10 Å². The molecule has 3 rings (SSSR count). The summed E-state index contributed by atoms with van der Waals surface area (Å²) in [6.45, 7) is 8.86. The van der Waals surface area contributed by atoms with Crippen LogP contribution in [0.25, 0.3) is 10.9 Å². The molecule has 2 heterocycles. The largest absolute Gasteiger partial charge is 0.383 e. The fraction of sp³-hybridized carbons (Fsp3) is 0.600. The summed E-state index contributed by atoms with van der Waals surface area (Å²) >= 11 is 0. The van der Waals surface area contributed by atoms with Crippen LogP contribution < -0.4 is 5.32 Å². The SMILES string of the molecule is COCCN1CCC(CNC(=O)c2cccc3cn(C(C)C)nc23)CC1. The van der Waals surface area contributed by atoms with Gasteiger partial charge in [0.15, 0.2) is 0 Å². The summed E-state index contributed by atoms with van der Waals surface area (Å²) in [6, 6.07) is 6.08. The Morgan fingerprint density at radius 1 is 1.35 bits per heavy atom. The highest BCUT2D eigenvalue weighted by Gasteiger charge is 2.20. The first-order chi connectivity index (χ1) is 12.6. The Kier molecular flexibility index (Phi) is 6.27. The lowest BCUT2D eigenvalue weighted by molar-refractivity contribution is 0.0927. The molecule has 1 aromatic carbocycles. The number of rotatable bonds is 7. The molecule has 0 radical (unpaired) electrons. The number of ether oxygens (including phenoxy) is 1. The second-order valence-electron chi connectivity index (χ2n) is 7.43. The van der Waals surface area contributed by atoms with Crippen LogP contribution in [0.3, 0.4) is 0 Å². The van der Waals surface area contributed by atoms with Crippen molar-refractivity contribution in [1.29, 1.82) is 0 Å². The number of hydrogen-bond acceptors (Lipinski definition) is 4. The highest BCUT2D eigenvalue weighted by Crippen LogP contribution is 2.20. The first-order valence-corrected chi connectivity index (χ1v) is 9.56. The van der Waals surface area contributed by atoms with Crippen molar-refractivity contribution in [3.8, 4) is 0 Å². The standard InChI is InChI=1S/C20H30N4O2/c1-15(2)24-14-17-5-4-6-18(19(17)22-24)20(25)21-13-16-7-9-23(10-8-16)11-12-26-3/h4-6,14-16H,7-13H2,1-3H3,(H,21,25). The molecule has 142 valence electrons. The van der Waals surface area contributed by atoms with Gasteiger partial charge in [-0.15, -0.1) is 0 Å². The lowest BCUT2D eigenvalue weighted by Crippen LogP contribution is -2.39. The number of piperidine rings is 1. The number of carbonyl (C=O) groups excluding carboxylic acids is 1. The zero-order valence-corrected chi connectivity index (χ0v) is 16.1. The molecular formula is C20H30N4O2. The van der Waals surface area contributed by atoms with Crippen molar-refractivity contribution in [1.82, 2.24) is 20.0 Å². The van der Waals surface area contributed by atoms with E-state index in [1.807, 2.05) is 29.1 Å². The molecule has 0 unspecified atom stereocenters. The number of hydrogen-bond donors (Lipinski definition) is 1. The maximum absolute atomic E-state index is 12.7. The van der Waals surface area contributed by atoms with E-state index in [-0.39, 0.29) is 11.9 Å². The van der Waals surface area contributed by atoms with E-state index in [4.69, 9.17) is 4.74 Å². The first kappa shape index (κ1) is 18.9. The van der Waals surface area contributed by atoms with Crippen LogP contribution in [0.4, 0.5) is 0 Å². The smallest absolute Gasteiger partial charge is 0.253 e. The number of fused-ring (bicyclic) bond motifs is 1. The van der Waals surface area contributed by atoms with Crippen LogP contribution in [0.1, 0.15) is 43.1 Å². The van der Waals surface area contributed by atoms with Crippen molar-refractivity contribution < 1.29 is 9.53 Å². The Labute approximate surface area is 155 Å². The van der Waals surface area contributed by atoms with Crippen molar-refractivity contribution in [2.75, 3.05) is 39.9 Å². The van der Waals surface area contributed by atoms with Gasteiger partial charge in [-0.05, 0) is 51.8 Å². The highest BCUT2D eigenvalue weighted by molar-refractivity contribution is 6.05. The molecule has 0 bridgehead atoms. The number of aromatic nitrogens is 2. The van der Waals surface area contributed by atoms with Gasteiger partial charge in [0.05, 0.1) is 12.2 Å². The minimum atomic E-state index is -0.0218. The summed E-state index contributed by atoms with van der Waals surface area (Å²) in [5.74, 6) is 0.525. The zero-order chi connectivity index (χ0) is 18.5. The average molecular weight is 358 g/mol. The summed E-state index contributed by atoms with van der Waals surface area (Å²) in [7, 11) is 1.74. The number of carbonyl (C=O) groups is 1. The maximum Gasteiger partial charge on any atom is 0.253 e. The summed E-state index contributed by atoms with van der Waals surface area (Å²) in [5, 5.41) is 8.74. The van der Waals surface area contributed by atoms with E-state index in [0.29, 0.717) is 11.5 Å². The second kappa shape index (κ2) is 8.64. The Bertz CT molecular complexity index is 732. The predicted octanol–water partition coefficient (Wildman–Crippen LogP) is 2.71. The third kappa shape index (κ3) is 4.43. The maximum atomic E-state index is 12.7. The minimum absolute atomic E-state index is 0.0218. The molecule has 0 aliphatic carbocycles. The Balaban J connectivity index is 1.57. The van der Waals surface area contributed by atoms with Crippen molar-refractivity contribution in [3.63, 3.8) is 0 Å². The molecule has 0 saturated carbocycles. The molecule has 1 aromatic heterocycles. The molecule has 6 nitrogen and oxygen atoms in total. The Morgan fingerprint density at radius 2 is 2.12 bits per heavy atom. The second-order valence-corrected chi connectivity index (χ2v) is 7.43. The van der Waals surface area contributed by atoms with Crippen LogP contribution >= 0.6 is 0 Å². The lowest BCUT2D eigenvalue weighted by atomic mass is 9.96. The molecular weight excluding hydrogens is 328 g/mol. The molecule has 2 aromatic rings. The summed E-state index contributed by atoms with van der Waals surface area (Å²) in [4.78, 5) is 15.1. The van der Waals surface area contributed by atoms with E-state index in [1.54, 1.807) is 7.11 Å². The Hall–Kier alpha value is -1.92. The van der Waals surface area contributed by atoms with E-state index >= 15 is 0 Å². The molecule has 1 aliphatic rings. The van der Waals surface area contributed by atoms with Crippen molar-refractivity contribution in [3.05, 3.63) is 30.0 Å². The molecule has 26 heavy (non-hydrogen) atoms. The van der Waals surface area contributed by atoms with Gasteiger partial charge in [0.2, 0.25) is 0 Å². The minimum Gasteiger partial charge on any atom is -0.383 e. The molecule has 1 aliphatic heterocycles. The van der Waals surface area contributed by atoms with Gasteiger partial charge in [0, 0.05) is 37.8 Å². The topological polar surface area (TPSA) is 59.4 Å². The lowest BCUT2D eigenvalue weighted by Gasteiger charge is -2.31. The van der Waals surface area contributed by atoms with Gasteiger partial charge in [0.25, 0.3) is 5.91 Å². The van der Waals surface area contributed by atoms with Gasteiger partial charge in [-0.1, -0.05) is 12.1 Å². The van der Waals surface area contributed by atoms with Gasteiger partial charge < -0.3 is 15.0 Å². The van der Waals surface area contributed by atoms with E-state index in [2.05, 4.69) is 29.2 Å². The highest BCUT2D eigenvalue weighted by atomic mass is 16.5. The number of benzene rings is 1. The predicted molar refractivity (Wildman–Crippen MR) is 103 cm³/mol. The summed E-state index contributed by atoms with van der Waals surface area (Å²) in [5.41, 5.74) is 1.45. The number of nitrogens with zero attached hydrogens (tertiary/aromatic N) is 3. The fourth-order valence-corrected chi connectivity index (χ4v) is 3.48. The quantitative estimate of drug-likeness (QED) is 0.827. The number of amides is 1. The van der Waals surface area contributed by atoms with Crippen LogP contribution in [0.5, 0.6) is 0 Å². The first-order valence-electron chi connectivity index (χ1n) is 9.56. The number of likely N-dealkylation sites (tertiary alicyclic amines) is 1. The molecule has 0 atom stereocenters. The van der Waals surface area contributed by atoms with Gasteiger partial charge in [0.1, 0.15) is 5.52 Å². The van der Waals surface area contributed by atoms with Crippen LogP contribution in [-0.4, -0.2) is 60.5 Å². The molecule has 0 spiro atoms. The zero-order valence-electron chi connectivity index (χ0n) is 16.1. The average Bonchev–Trinajstić information content (AvgIpc) is 3.10. The van der Waals surface area contributed by atoms with E-state index in [9.17, 15) is 4.79 Å². The van der Waals surface area contributed by atoms with E-state index in [0.717, 1.165) is 56.5 Å². The van der Waals surface area contributed by atoms with Gasteiger partial charge >= 0.3 is 0 Å². The Morgan fingerprint density at radius 3 is 2.81 bits per heavy atom. The van der Waals surface area contributed by atoms with Gasteiger partial charge in [-0.25, -0.2) is 0 Å². The summed E-state index contributed by atoms with van der Waals surface area (Å²) < 4.78 is 7.06. The monoisotopic (exact) mass is 358 g/mol. The van der Waals surface area contributed by atoms with E-state index in [1.165, 1.54) is 0 Å². The van der Waals surface area contributed by atoms with Crippen LogP contribution in [0.15, 0.2) is 24.4 Å². The molecule has 1 amide bonds. The van der Waals surface area contributed by atoms with Crippen LogP contribution in [0.2, 0.25) is 0 Å². The van der Waals surface area contributed by atoms with Crippen LogP contribution in [-0.2, 0) is 4.74 Å².